The maximum Gasteiger partial charge on any atom is 0.416 e. The lowest BCUT2D eigenvalue weighted by Gasteiger charge is -2.27. The summed E-state index contributed by atoms with van der Waals surface area (Å²) < 4.78 is 40.7. The average molecular weight is 456 g/mol. The molecule has 0 fully saturated rings. The molecule has 2 amide bonds. The van der Waals surface area contributed by atoms with E-state index in [0.717, 1.165) is 12.1 Å². The Morgan fingerprint density at radius 2 is 1.76 bits per heavy atom. The number of hydrogen-bond donors (Lipinski definition) is 1. The van der Waals surface area contributed by atoms with Crippen LogP contribution in [0.1, 0.15) is 25.3 Å². The number of aliphatic hydroxyl groups excluding tert-OH is 1. The quantitative estimate of drug-likeness (QED) is 0.660. The number of amides is 2. The van der Waals surface area contributed by atoms with E-state index in [-0.39, 0.29) is 24.5 Å². The van der Waals surface area contributed by atoms with Crippen LogP contribution in [0.2, 0.25) is 0 Å². The maximum atomic E-state index is 13.9. The van der Waals surface area contributed by atoms with Crippen molar-refractivity contribution in [1.82, 2.24) is 0 Å². The minimum Gasteiger partial charge on any atom is -0.392 e. The summed E-state index contributed by atoms with van der Waals surface area (Å²) in [5.41, 5.74) is 0.858. The molecule has 2 aromatic carbocycles. The van der Waals surface area contributed by atoms with Gasteiger partial charge in [0.2, 0.25) is 11.8 Å². The van der Waals surface area contributed by atoms with E-state index in [4.69, 9.17) is 0 Å². The number of nitrogens with zero attached hydrogens (tertiary/aromatic N) is 2. The van der Waals surface area contributed by atoms with Crippen LogP contribution in [0.4, 0.5) is 30.2 Å². The SMILES string of the molecule is CCN1C(=O)C(C2=CC(CO)=CCC2)C(=O)N(c2ccccc2)c2cc(C(F)(F)F)ccc21. The van der Waals surface area contributed by atoms with E-state index in [2.05, 4.69) is 0 Å². The largest absolute Gasteiger partial charge is 0.416 e. The summed E-state index contributed by atoms with van der Waals surface area (Å²) in [5, 5.41) is 9.56. The van der Waals surface area contributed by atoms with Crippen LogP contribution in [0.3, 0.4) is 0 Å². The Labute approximate surface area is 189 Å². The van der Waals surface area contributed by atoms with Crippen molar-refractivity contribution in [2.45, 2.75) is 25.9 Å². The van der Waals surface area contributed by atoms with Crippen molar-refractivity contribution in [2.75, 3.05) is 23.0 Å². The summed E-state index contributed by atoms with van der Waals surface area (Å²) >= 11 is 0. The van der Waals surface area contributed by atoms with Crippen molar-refractivity contribution >= 4 is 28.9 Å². The number of carbonyl (C=O) groups excluding carboxylic acids is 2. The first-order valence-corrected chi connectivity index (χ1v) is 10.7. The Morgan fingerprint density at radius 1 is 1.03 bits per heavy atom. The number of rotatable bonds is 4. The highest BCUT2D eigenvalue weighted by Gasteiger charge is 2.43. The van der Waals surface area contributed by atoms with Gasteiger partial charge in [-0.2, -0.15) is 13.2 Å². The summed E-state index contributed by atoms with van der Waals surface area (Å²) in [6.07, 6.45) is -0.124. The van der Waals surface area contributed by atoms with Crippen LogP contribution in [-0.4, -0.2) is 30.1 Å². The van der Waals surface area contributed by atoms with Gasteiger partial charge in [0.1, 0.15) is 5.92 Å². The number of alkyl halides is 3. The van der Waals surface area contributed by atoms with Gasteiger partial charge in [-0.25, -0.2) is 0 Å². The number of carbonyl (C=O) groups is 2. The Balaban J connectivity index is 1.96. The summed E-state index contributed by atoms with van der Waals surface area (Å²) in [4.78, 5) is 30.1. The first-order chi connectivity index (χ1) is 15.8. The smallest absolute Gasteiger partial charge is 0.392 e. The Bertz CT molecular complexity index is 1140. The molecule has 0 saturated heterocycles. The van der Waals surface area contributed by atoms with Crippen molar-refractivity contribution < 1.29 is 27.9 Å². The van der Waals surface area contributed by atoms with Gasteiger partial charge in [0.05, 0.1) is 23.5 Å². The molecule has 0 aromatic heterocycles. The third kappa shape index (κ3) is 4.18. The highest BCUT2D eigenvalue weighted by Crippen LogP contribution is 2.44. The van der Waals surface area contributed by atoms with Crippen molar-refractivity contribution in [3.05, 3.63) is 77.4 Å². The van der Waals surface area contributed by atoms with Crippen molar-refractivity contribution in [3.8, 4) is 0 Å². The lowest BCUT2D eigenvalue weighted by Crippen LogP contribution is -2.42. The van der Waals surface area contributed by atoms with Gasteiger partial charge in [0.25, 0.3) is 0 Å². The number of aliphatic hydroxyl groups is 1. The summed E-state index contributed by atoms with van der Waals surface area (Å²) in [6.45, 7) is 1.67. The lowest BCUT2D eigenvalue weighted by molar-refractivity contribution is -0.137. The van der Waals surface area contributed by atoms with Crippen molar-refractivity contribution in [3.63, 3.8) is 0 Å². The van der Waals surface area contributed by atoms with E-state index >= 15 is 0 Å². The molecule has 8 heteroatoms. The van der Waals surface area contributed by atoms with E-state index in [1.807, 2.05) is 6.08 Å². The first-order valence-electron chi connectivity index (χ1n) is 10.7. The standard InChI is InChI=1S/C25H23F3N2O3/c1-2-29-20-12-11-18(25(26,27)28)14-21(20)30(19-9-4-3-5-10-19)24(33)22(23(29)32)17-8-6-7-16(13-17)15-31/h3-5,7,9-14,22,31H,2,6,8,15H2,1H3. The Morgan fingerprint density at radius 3 is 2.39 bits per heavy atom. The fourth-order valence-corrected chi connectivity index (χ4v) is 4.35. The number of halogens is 3. The predicted molar refractivity (Wildman–Crippen MR) is 119 cm³/mol. The summed E-state index contributed by atoms with van der Waals surface area (Å²) in [5.74, 6) is -2.32. The Hall–Kier alpha value is -3.39. The van der Waals surface area contributed by atoms with Gasteiger partial charge in [-0.1, -0.05) is 30.4 Å². The van der Waals surface area contributed by atoms with Crippen LogP contribution in [0, 0.1) is 5.92 Å². The molecule has 0 spiro atoms. The van der Waals surface area contributed by atoms with Crippen LogP contribution in [0.5, 0.6) is 0 Å². The van der Waals surface area contributed by atoms with Crippen LogP contribution < -0.4 is 9.80 Å². The molecule has 5 nitrogen and oxygen atoms in total. The zero-order valence-electron chi connectivity index (χ0n) is 18.0. The molecule has 33 heavy (non-hydrogen) atoms. The van der Waals surface area contributed by atoms with E-state index in [1.54, 1.807) is 43.3 Å². The molecule has 1 unspecified atom stereocenters. The predicted octanol–water partition coefficient (Wildman–Crippen LogP) is 4.99. The molecule has 1 atom stereocenters. The molecular formula is C25H23F3N2O3. The average Bonchev–Trinajstić information content (AvgIpc) is 2.89. The fourth-order valence-electron chi connectivity index (χ4n) is 4.35. The number of hydrogen-bond acceptors (Lipinski definition) is 3. The topological polar surface area (TPSA) is 60.9 Å². The second-order valence-corrected chi connectivity index (χ2v) is 7.92. The fraction of sp³-hybridized carbons (Fsp3) is 0.280. The Kier molecular flexibility index (Phi) is 6.12. The van der Waals surface area contributed by atoms with Crippen molar-refractivity contribution in [2.24, 2.45) is 5.92 Å². The number of para-hydroxylation sites is 1. The third-order valence-corrected chi connectivity index (χ3v) is 5.91. The molecule has 1 aliphatic heterocycles. The van der Waals surface area contributed by atoms with Crippen LogP contribution in [-0.2, 0) is 15.8 Å². The molecule has 1 N–H and O–H groups in total. The van der Waals surface area contributed by atoms with Crippen molar-refractivity contribution in [1.29, 1.82) is 0 Å². The van der Waals surface area contributed by atoms with Gasteiger partial charge in [-0.05, 0) is 61.2 Å². The van der Waals surface area contributed by atoms with Crippen LogP contribution >= 0.6 is 0 Å². The monoisotopic (exact) mass is 456 g/mol. The highest BCUT2D eigenvalue weighted by atomic mass is 19.4. The van der Waals surface area contributed by atoms with Gasteiger partial charge in [-0.3, -0.25) is 14.5 Å². The third-order valence-electron chi connectivity index (χ3n) is 5.91. The zero-order valence-corrected chi connectivity index (χ0v) is 18.0. The van der Waals surface area contributed by atoms with Gasteiger partial charge in [0.15, 0.2) is 0 Å². The molecule has 172 valence electrons. The van der Waals surface area contributed by atoms with Crippen LogP contribution in [0.15, 0.2) is 71.8 Å². The van der Waals surface area contributed by atoms with Gasteiger partial charge < -0.3 is 10.0 Å². The van der Waals surface area contributed by atoms with Crippen LogP contribution in [0.25, 0.3) is 0 Å². The van der Waals surface area contributed by atoms with E-state index in [9.17, 15) is 27.9 Å². The second kappa shape index (κ2) is 8.86. The summed E-state index contributed by atoms with van der Waals surface area (Å²) in [6, 6.07) is 11.4. The zero-order chi connectivity index (χ0) is 23.8. The molecule has 2 aliphatic rings. The normalized spacial score (nSPS) is 19.1. The minimum atomic E-state index is -4.61. The maximum absolute atomic E-state index is 13.9. The van der Waals surface area contributed by atoms with E-state index in [1.165, 1.54) is 15.9 Å². The van der Waals surface area contributed by atoms with E-state index in [0.29, 0.717) is 29.7 Å². The molecular weight excluding hydrogens is 433 g/mol. The number of benzene rings is 2. The molecule has 0 saturated carbocycles. The molecule has 0 bridgehead atoms. The number of anilines is 3. The first kappa shape index (κ1) is 22.8. The summed E-state index contributed by atoms with van der Waals surface area (Å²) in [7, 11) is 0. The molecule has 1 heterocycles. The lowest BCUT2D eigenvalue weighted by atomic mass is 9.87. The molecule has 4 rings (SSSR count). The highest BCUT2D eigenvalue weighted by molar-refractivity contribution is 6.21. The van der Waals surface area contributed by atoms with E-state index < -0.39 is 29.5 Å². The van der Waals surface area contributed by atoms with Gasteiger partial charge >= 0.3 is 6.18 Å². The number of allylic oxidation sites excluding steroid dienone is 1. The minimum absolute atomic E-state index is 0.00746. The molecule has 0 radical (unpaired) electrons. The van der Waals surface area contributed by atoms with Gasteiger partial charge in [-0.15, -0.1) is 0 Å². The molecule has 1 aliphatic carbocycles. The number of fused-ring (bicyclic) bond motifs is 1. The second-order valence-electron chi connectivity index (χ2n) is 7.92. The van der Waals surface area contributed by atoms with Gasteiger partial charge in [0, 0.05) is 12.2 Å². The molecule has 2 aromatic rings.